The molecule has 0 fully saturated rings. The number of nitrogens with zero attached hydrogens (tertiary/aromatic N) is 1. The van der Waals surface area contributed by atoms with Crippen molar-refractivity contribution in [2.75, 3.05) is 0 Å². The van der Waals surface area contributed by atoms with Gasteiger partial charge in [-0.05, 0) is 54.8 Å². The van der Waals surface area contributed by atoms with Crippen molar-refractivity contribution in [2.24, 2.45) is 0 Å². The minimum absolute atomic E-state index is 0.541. The molecule has 0 aliphatic carbocycles. The normalized spacial score (nSPS) is 11.7. The maximum Gasteiger partial charge on any atom is 0.0541 e. The lowest BCUT2D eigenvalue weighted by molar-refractivity contribution is 0.868. The summed E-state index contributed by atoms with van der Waals surface area (Å²) < 4.78 is 2.37. The van der Waals surface area contributed by atoms with Crippen LogP contribution in [-0.2, 0) is 0 Å². The monoisotopic (exact) mass is 299 g/mol. The molecule has 1 aromatic heterocycles. The van der Waals surface area contributed by atoms with Gasteiger partial charge < -0.3 is 4.57 Å². The molecule has 0 spiro atoms. The van der Waals surface area contributed by atoms with Gasteiger partial charge in [0.15, 0.2) is 0 Å². The molecule has 1 heterocycles. The van der Waals surface area contributed by atoms with Crippen molar-refractivity contribution in [3.8, 4) is 5.69 Å². The summed E-state index contributed by atoms with van der Waals surface area (Å²) in [5.41, 5.74) is 6.47. The second kappa shape index (κ2) is 5.27. The summed E-state index contributed by atoms with van der Waals surface area (Å²) in [6, 6.07) is 24.3. The van der Waals surface area contributed by atoms with E-state index >= 15 is 0 Å². The van der Waals surface area contributed by atoms with Crippen LogP contribution in [0.1, 0.15) is 30.9 Å². The Balaban J connectivity index is 2.16. The molecular formula is C22H21N. The molecule has 0 bridgehead atoms. The van der Waals surface area contributed by atoms with Gasteiger partial charge in [0.2, 0.25) is 0 Å². The third-order valence-electron chi connectivity index (χ3n) is 4.63. The topological polar surface area (TPSA) is 4.93 Å². The van der Waals surface area contributed by atoms with Crippen LogP contribution < -0.4 is 0 Å². The van der Waals surface area contributed by atoms with Crippen LogP contribution in [-0.4, -0.2) is 4.57 Å². The van der Waals surface area contributed by atoms with Gasteiger partial charge >= 0.3 is 0 Å². The Morgan fingerprint density at radius 3 is 2.09 bits per heavy atom. The van der Waals surface area contributed by atoms with E-state index in [1.165, 1.54) is 38.6 Å². The zero-order chi connectivity index (χ0) is 16.0. The predicted octanol–water partition coefficient (Wildman–Crippen LogP) is 6.22. The first-order valence-electron chi connectivity index (χ1n) is 8.25. The summed E-state index contributed by atoms with van der Waals surface area (Å²) in [4.78, 5) is 0. The Labute approximate surface area is 137 Å². The summed E-state index contributed by atoms with van der Waals surface area (Å²) in [5.74, 6) is 0.541. The van der Waals surface area contributed by atoms with Crippen LogP contribution in [0.25, 0.3) is 27.5 Å². The first-order valence-corrected chi connectivity index (χ1v) is 8.25. The molecule has 0 saturated carbocycles. The smallest absolute Gasteiger partial charge is 0.0541 e. The van der Waals surface area contributed by atoms with E-state index in [0.29, 0.717) is 5.92 Å². The lowest BCUT2D eigenvalue weighted by Gasteiger charge is -2.09. The molecule has 0 saturated heterocycles. The molecule has 1 nitrogen and oxygen atoms in total. The largest absolute Gasteiger partial charge is 0.309 e. The minimum Gasteiger partial charge on any atom is -0.309 e. The van der Waals surface area contributed by atoms with Crippen LogP contribution in [0, 0.1) is 6.92 Å². The second-order valence-corrected chi connectivity index (χ2v) is 6.62. The van der Waals surface area contributed by atoms with Gasteiger partial charge in [0.05, 0.1) is 11.0 Å². The highest BCUT2D eigenvalue weighted by Crippen LogP contribution is 2.34. The summed E-state index contributed by atoms with van der Waals surface area (Å²) in [7, 11) is 0. The Morgan fingerprint density at radius 1 is 0.739 bits per heavy atom. The Hall–Kier alpha value is -2.54. The van der Waals surface area contributed by atoms with Crippen LogP contribution in [0.5, 0.6) is 0 Å². The number of benzene rings is 3. The van der Waals surface area contributed by atoms with Crippen LogP contribution in [0.2, 0.25) is 0 Å². The fourth-order valence-corrected chi connectivity index (χ4v) is 3.37. The lowest BCUT2D eigenvalue weighted by atomic mass is 10.0. The standard InChI is InChI=1S/C22H21N/c1-15(2)17-10-12-22-20(14-17)19-13-16(3)9-11-21(19)23(22)18-7-5-4-6-8-18/h4-15H,1-3H3. The van der Waals surface area contributed by atoms with E-state index in [9.17, 15) is 0 Å². The van der Waals surface area contributed by atoms with E-state index in [-0.39, 0.29) is 0 Å². The van der Waals surface area contributed by atoms with E-state index in [1.807, 2.05) is 0 Å². The number of aryl methyl sites for hydroxylation is 1. The van der Waals surface area contributed by atoms with Gasteiger partial charge in [0.1, 0.15) is 0 Å². The van der Waals surface area contributed by atoms with Crippen molar-refractivity contribution >= 4 is 21.8 Å². The van der Waals surface area contributed by atoms with Crippen LogP contribution in [0.3, 0.4) is 0 Å². The molecule has 1 heteroatoms. The molecule has 0 unspecified atom stereocenters. The SMILES string of the molecule is Cc1ccc2c(c1)c1cc(C(C)C)ccc1n2-c1ccccc1. The van der Waals surface area contributed by atoms with Crippen LogP contribution in [0.15, 0.2) is 66.7 Å². The molecule has 4 aromatic rings. The third-order valence-corrected chi connectivity index (χ3v) is 4.63. The van der Waals surface area contributed by atoms with Gasteiger partial charge in [0, 0.05) is 16.5 Å². The van der Waals surface area contributed by atoms with E-state index in [0.717, 1.165) is 0 Å². The van der Waals surface area contributed by atoms with Gasteiger partial charge in [-0.25, -0.2) is 0 Å². The first kappa shape index (κ1) is 14.1. The molecule has 4 rings (SSSR count). The molecule has 23 heavy (non-hydrogen) atoms. The molecule has 0 N–H and O–H groups in total. The number of para-hydroxylation sites is 1. The Kier molecular flexibility index (Phi) is 3.23. The van der Waals surface area contributed by atoms with E-state index in [1.54, 1.807) is 0 Å². The van der Waals surface area contributed by atoms with Gasteiger partial charge in [-0.1, -0.05) is 49.7 Å². The zero-order valence-corrected chi connectivity index (χ0v) is 13.9. The van der Waals surface area contributed by atoms with Crippen molar-refractivity contribution in [2.45, 2.75) is 26.7 Å². The molecule has 3 aromatic carbocycles. The minimum atomic E-state index is 0.541. The number of aromatic nitrogens is 1. The summed E-state index contributed by atoms with van der Waals surface area (Å²) in [6.45, 7) is 6.67. The molecule has 0 aliphatic heterocycles. The fourth-order valence-electron chi connectivity index (χ4n) is 3.37. The molecule has 0 aliphatic rings. The highest BCUT2D eigenvalue weighted by molar-refractivity contribution is 6.09. The maximum atomic E-state index is 2.37. The average molecular weight is 299 g/mol. The third kappa shape index (κ3) is 2.24. The van der Waals surface area contributed by atoms with E-state index < -0.39 is 0 Å². The Morgan fingerprint density at radius 2 is 1.39 bits per heavy atom. The molecule has 114 valence electrons. The quantitative estimate of drug-likeness (QED) is 0.414. The number of hydrogen-bond acceptors (Lipinski definition) is 0. The van der Waals surface area contributed by atoms with Crippen molar-refractivity contribution in [3.63, 3.8) is 0 Å². The van der Waals surface area contributed by atoms with Crippen molar-refractivity contribution in [1.29, 1.82) is 0 Å². The van der Waals surface area contributed by atoms with Crippen LogP contribution in [0.4, 0.5) is 0 Å². The zero-order valence-electron chi connectivity index (χ0n) is 13.9. The second-order valence-electron chi connectivity index (χ2n) is 6.62. The lowest BCUT2D eigenvalue weighted by Crippen LogP contribution is -1.93. The number of rotatable bonds is 2. The first-order chi connectivity index (χ1) is 11.1. The van der Waals surface area contributed by atoms with Gasteiger partial charge in [0.25, 0.3) is 0 Å². The molecule has 0 amide bonds. The van der Waals surface area contributed by atoms with E-state index in [2.05, 4.69) is 92.1 Å². The van der Waals surface area contributed by atoms with Crippen molar-refractivity contribution in [1.82, 2.24) is 4.57 Å². The Bertz CT molecular complexity index is 991. The van der Waals surface area contributed by atoms with Gasteiger partial charge in [-0.3, -0.25) is 0 Å². The summed E-state index contributed by atoms with van der Waals surface area (Å²) in [6.07, 6.45) is 0. The maximum absolute atomic E-state index is 2.37. The highest BCUT2D eigenvalue weighted by atomic mass is 15.0. The molecule has 0 atom stereocenters. The summed E-state index contributed by atoms with van der Waals surface area (Å²) in [5, 5.41) is 2.69. The van der Waals surface area contributed by atoms with Gasteiger partial charge in [-0.2, -0.15) is 0 Å². The molecular weight excluding hydrogens is 278 g/mol. The van der Waals surface area contributed by atoms with Gasteiger partial charge in [-0.15, -0.1) is 0 Å². The van der Waals surface area contributed by atoms with Crippen LogP contribution >= 0.6 is 0 Å². The molecule has 0 radical (unpaired) electrons. The fraction of sp³-hybridized carbons (Fsp3) is 0.182. The van der Waals surface area contributed by atoms with Crippen molar-refractivity contribution < 1.29 is 0 Å². The number of fused-ring (bicyclic) bond motifs is 3. The highest BCUT2D eigenvalue weighted by Gasteiger charge is 2.13. The average Bonchev–Trinajstić information content (AvgIpc) is 2.88. The predicted molar refractivity (Wildman–Crippen MR) is 99.6 cm³/mol. The van der Waals surface area contributed by atoms with E-state index in [4.69, 9.17) is 0 Å². The summed E-state index contributed by atoms with van der Waals surface area (Å²) >= 11 is 0. The number of hydrogen-bond donors (Lipinski definition) is 0. The van der Waals surface area contributed by atoms with Crippen molar-refractivity contribution in [3.05, 3.63) is 77.9 Å².